The van der Waals surface area contributed by atoms with Gasteiger partial charge in [0.25, 0.3) is 5.91 Å². The van der Waals surface area contributed by atoms with Crippen molar-refractivity contribution < 1.29 is 4.79 Å². The molecule has 1 heterocycles. The van der Waals surface area contributed by atoms with Crippen LogP contribution in [0.15, 0.2) is 42.5 Å². The highest BCUT2D eigenvalue weighted by Crippen LogP contribution is 2.21. The molecule has 1 amide bonds. The molecule has 0 spiro atoms. The van der Waals surface area contributed by atoms with E-state index in [0.29, 0.717) is 5.92 Å². The highest BCUT2D eigenvalue weighted by molar-refractivity contribution is 5.98. The summed E-state index contributed by atoms with van der Waals surface area (Å²) in [4.78, 5) is 14.5. The lowest BCUT2D eigenvalue weighted by Crippen LogP contribution is -2.30. The summed E-state index contributed by atoms with van der Waals surface area (Å²) in [5.74, 6) is 0.749. The number of fused-ring (bicyclic) bond motifs is 1. The van der Waals surface area contributed by atoms with Gasteiger partial charge in [-0.05, 0) is 48.8 Å². The van der Waals surface area contributed by atoms with Crippen molar-refractivity contribution in [2.45, 2.75) is 6.42 Å². The van der Waals surface area contributed by atoms with Crippen LogP contribution < -0.4 is 5.32 Å². The van der Waals surface area contributed by atoms with Crippen molar-refractivity contribution in [3.8, 4) is 0 Å². The minimum atomic E-state index is 0.161. The number of hydrogen-bond donors (Lipinski definition) is 1. The minimum absolute atomic E-state index is 0.161. The zero-order valence-electron chi connectivity index (χ0n) is 11.8. The standard InChI is InChI=1S/C17H20N2O/c1-18-11-13-8-9-19(12-13)17(20)16-7-6-14-4-2-3-5-15(14)10-16/h2-7,10,13,18H,8-9,11-12H2,1H3. The van der Waals surface area contributed by atoms with Crippen molar-refractivity contribution in [3.05, 3.63) is 48.0 Å². The highest BCUT2D eigenvalue weighted by Gasteiger charge is 2.26. The molecule has 1 N–H and O–H groups in total. The number of nitrogens with one attached hydrogen (secondary N) is 1. The monoisotopic (exact) mass is 268 g/mol. The zero-order chi connectivity index (χ0) is 13.9. The van der Waals surface area contributed by atoms with Crippen molar-refractivity contribution in [1.29, 1.82) is 0 Å². The molecule has 104 valence electrons. The Balaban J connectivity index is 1.79. The Labute approximate surface area is 119 Å². The Morgan fingerprint density at radius 2 is 2.05 bits per heavy atom. The van der Waals surface area contributed by atoms with Crippen molar-refractivity contribution in [2.24, 2.45) is 5.92 Å². The second-order valence-corrected chi connectivity index (χ2v) is 5.53. The molecule has 1 aliphatic rings. The lowest BCUT2D eigenvalue weighted by molar-refractivity contribution is 0.0787. The van der Waals surface area contributed by atoms with Gasteiger partial charge in [-0.15, -0.1) is 0 Å². The van der Waals surface area contributed by atoms with Crippen LogP contribution in [0.4, 0.5) is 0 Å². The van der Waals surface area contributed by atoms with Gasteiger partial charge in [0.2, 0.25) is 0 Å². The molecule has 1 unspecified atom stereocenters. The summed E-state index contributed by atoms with van der Waals surface area (Å²) in [6.07, 6.45) is 1.10. The van der Waals surface area contributed by atoms with Gasteiger partial charge >= 0.3 is 0 Å². The van der Waals surface area contributed by atoms with Gasteiger partial charge in [-0.2, -0.15) is 0 Å². The lowest BCUT2D eigenvalue weighted by Gasteiger charge is -2.17. The van der Waals surface area contributed by atoms with Crippen molar-refractivity contribution in [3.63, 3.8) is 0 Å². The maximum Gasteiger partial charge on any atom is 0.253 e. The molecule has 0 aromatic heterocycles. The van der Waals surface area contributed by atoms with Gasteiger partial charge in [0.15, 0.2) is 0 Å². The quantitative estimate of drug-likeness (QED) is 0.927. The third-order valence-corrected chi connectivity index (χ3v) is 4.06. The van der Waals surface area contributed by atoms with E-state index in [1.165, 1.54) is 5.39 Å². The molecule has 1 fully saturated rings. The molecule has 3 heteroatoms. The smallest absolute Gasteiger partial charge is 0.253 e. The highest BCUT2D eigenvalue weighted by atomic mass is 16.2. The number of nitrogens with zero attached hydrogens (tertiary/aromatic N) is 1. The van der Waals surface area contributed by atoms with Crippen LogP contribution >= 0.6 is 0 Å². The molecule has 3 nitrogen and oxygen atoms in total. The first-order valence-electron chi connectivity index (χ1n) is 7.20. The first-order valence-corrected chi connectivity index (χ1v) is 7.20. The summed E-state index contributed by atoms with van der Waals surface area (Å²) in [5.41, 5.74) is 0.800. The maximum atomic E-state index is 12.5. The van der Waals surface area contributed by atoms with Crippen LogP contribution in [0.1, 0.15) is 16.8 Å². The third-order valence-electron chi connectivity index (χ3n) is 4.06. The Kier molecular flexibility index (Phi) is 3.70. The van der Waals surface area contributed by atoms with E-state index in [2.05, 4.69) is 17.4 Å². The minimum Gasteiger partial charge on any atom is -0.338 e. The number of likely N-dealkylation sites (tertiary alicyclic amines) is 1. The van der Waals surface area contributed by atoms with Crippen LogP contribution in [0.2, 0.25) is 0 Å². The first-order chi connectivity index (χ1) is 9.78. The second-order valence-electron chi connectivity index (χ2n) is 5.53. The Hall–Kier alpha value is -1.87. The molecule has 1 aliphatic heterocycles. The van der Waals surface area contributed by atoms with E-state index in [-0.39, 0.29) is 5.91 Å². The molecule has 3 rings (SSSR count). The molecule has 2 aromatic rings. The molecule has 1 atom stereocenters. The van der Waals surface area contributed by atoms with Crippen molar-refractivity contribution in [2.75, 3.05) is 26.7 Å². The fourth-order valence-corrected chi connectivity index (χ4v) is 2.98. The normalized spacial score (nSPS) is 18.6. The SMILES string of the molecule is CNCC1CCN(C(=O)c2ccc3ccccc3c2)C1. The van der Waals surface area contributed by atoms with Gasteiger partial charge in [-0.1, -0.05) is 30.3 Å². The summed E-state index contributed by atoms with van der Waals surface area (Å²) in [7, 11) is 1.97. The lowest BCUT2D eigenvalue weighted by atomic mass is 10.1. The van der Waals surface area contributed by atoms with Crippen LogP contribution in [-0.4, -0.2) is 37.5 Å². The first kappa shape index (κ1) is 13.1. The maximum absolute atomic E-state index is 12.5. The molecular formula is C17H20N2O. The van der Waals surface area contributed by atoms with E-state index in [1.54, 1.807) is 0 Å². The fourth-order valence-electron chi connectivity index (χ4n) is 2.98. The predicted octanol–water partition coefficient (Wildman–Crippen LogP) is 2.52. The van der Waals surface area contributed by atoms with E-state index >= 15 is 0 Å². The van der Waals surface area contributed by atoms with E-state index in [1.807, 2.05) is 42.3 Å². The molecule has 0 radical (unpaired) electrons. The second kappa shape index (κ2) is 5.63. The molecule has 2 aromatic carbocycles. The Morgan fingerprint density at radius 1 is 1.25 bits per heavy atom. The van der Waals surface area contributed by atoms with Crippen LogP contribution in [0, 0.1) is 5.92 Å². The van der Waals surface area contributed by atoms with Crippen LogP contribution in [0.5, 0.6) is 0 Å². The predicted molar refractivity (Wildman–Crippen MR) is 81.9 cm³/mol. The molecule has 0 aliphatic carbocycles. The Bertz CT molecular complexity index is 623. The summed E-state index contributed by atoms with van der Waals surface area (Å²) >= 11 is 0. The largest absolute Gasteiger partial charge is 0.338 e. The van der Waals surface area contributed by atoms with Crippen LogP contribution in [0.3, 0.4) is 0 Å². The van der Waals surface area contributed by atoms with Crippen molar-refractivity contribution >= 4 is 16.7 Å². The zero-order valence-corrected chi connectivity index (χ0v) is 11.8. The molecule has 20 heavy (non-hydrogen) atoms. The van der Waals surface area contributed by atoms with Crippen molar-refractivity contribution in [1.82, 2.24) is 10.2 Å². The summed E-state index contributed by atoms with van der Waals surface area (Å²) in [5, 5.41) is 5.50. The van der Waals surface area contributed by atoms with Gasteiger partial charge in [-0.3, -0.25) is 4.79 Å². The summed E-state index contributed by atoms with van der Waals surface area (Å²) in [6.45, 7) is 2.73. The number of amides is 1. The topological polar surface area (TPSA) is 32.3 Å². The van der Waals surface area contributed by atoms with Gasteiger partial charge < -0.3 is 10.2 Å². The average Bonchev–Trinajstić information content (AvgIpc) is 2.95. The number of hydrogen-bond acceptors (Lipinski definition) is 2. The van der Waals surface area contributed by atoms with E-state index in [0.717, 1.165) is 37.0 Å². The van der Waals surface area contributed by atoms with E-state index < -0.39 is 0 Å². The number of rotatable bonds is 3. The number of benzene rings is 2. The summed E-state index contributed by atoms with van der Waals surface area (Å²) in [6, 6.07) is 14.1. The van der Waals surface area contributed by atoms with E-state index in [9.17, 15) is 4.79 Å². The molecule has 1 saturated heterocycles. The van der Waals surface area contributed by atoms with Gasteiger partial charge in [-0.25, -0.2) is 0 Å². The van der Waals surface area contributed by atoms with Crippen LogP contribution in [0.25, 0.3) is 10.8 Å². The van der Waals surface area contributed by atoms with E-state index in [4.69, 9.17) is 0 Å². The molecule has 0 bridgehead atoms. The molecular weight excluding hydrogens is 248 g/mol. The number of carbonyl (C=O) groups is 1. The van der Waals surface area contributed by atoms with Gasteiger partial charge in [0.1, 0.15) is 0 Å². The fraction of sp³-hybridized carbons (Fsp3) is 0.353. The third kappa shape index (κ3) is 2.54. The molecule has 0 saturated carbocycles. The summed E-state index contributed by atoms with van der Waals surface area (Å²) < 4.78 is 0. The average molecular weight is 268 g/mol. The van der Waals surface area contributed by atoms with Gasteiger partial charge in [0, 0.05) is 18.7 Å². The number of carbonyl (C=O) groups excluding carboxylic acids is 1. The van der Waals surface area contributed by atoms with Crippen LogP contribution in [-0.2, 0) is 0 Å². The Morgan fingerprint density at radius 3 is 2.85 bits per heavy atom. The van der Waals surface area contributed by atoms with Gasteiger partial charge in [0.05, 0.1) is 0 Å².